The predicted molar refractivity (Wildman–Crippen MR) is 100 cm³/mol. The fourth-order valence-corrected chi connectivity index (χ4v) is 3.45. The van der Waals surface area contributed by atoms with Crippen LogP contribution in [-0.4, -0.2) is 55.9 Å². The molecule has 1 aliphatic rings. The quantitative estimate of drug-likeness (QED) is 0.530. The van der Waals surface area contributed by atoms with Crippen molar-refractivity contribution in [1.82, 2.24) is 24.9 Å². The summed E-state index contributed by atoms with van der Waals surface area (Å²) in [7, 11) is 0. The number of ether oxygens (including phenoxy) is 1. The Kier molecular flexibility index (Phi) is 5.72. The minimum Gasteiger partial charge on any atom is -0.475 e. The zero-order valence-corrected chi connectivity index (χ0v) is 16.6. The Morgan fingerprint density at radius 1 is 1.15 bits per heavy atom. The van der Waals surface area contributed by atoms with E-state index in [1.165, 1.54) is 24.5 Å². The number of likely N-dealkylation sites (tertiary alicyclic amines) is 1. The number of amides is 1. The zero-order chi connectivity index (χ0) is 23.8. The van der Waals surface area contributed by atoms with Crippen LogP contribution in [0.5, 0.6) is 5.88 Å². The summed E-state index contributed by atoms with van der Waals surface area (Å²) in [6.45, 7) is -1.08. The maximum atomic E-state index is 14.6. The van der Waals surface area contributed by atoms with Crippen LogP contribution in [0, 0.1) is 5.82 Å². The van der Waals surface area contributed by atoms with Gasteiger partial charge in [-0.25, -0.2) is 18.2 Å². The van der Waals surface area contributed by atoms with Gasteiger partial charge in [0.1, 0.15) is 18.3 Å². The number of halogens is 6. The molecule has 0 aliphatic carbocycles. The molecule has 1 aliphatic heterocycles. The Bertz CT molecular complexity index is 1130. The van der Waals surface area contributed by atoms with Gasteiger partial charge in [0.2, 0.25) is 5.88 Å². The number of carbonyl (C=O) groups is 1. The van der Waals surface area contributed by atoms with Gasteiger partial charge in [0.25, 0.3) is 11.8 Å². The van der Waals surface area contributed by atoms with E-state index in [2.05, 4.69) is 15.2 Å². The molecule has 2 aromatic heterocycles. The van der Waals surface area contributed by atoms with Gasteiger partial charge in [-0.3, -0.25) is 4.79 Å². The van der Waals surface area contributed by atoms with Gasteiger partial charge in [-0.15, -0.1) is 4.80 Å². The van der Waals surface area contributed by atoms with E-state index in [4.69, 9.17) is 4.74 Å². The van der Waals surface area contributed by atoms with E-state index in [1.807, 2.05) is 0 Å². The van der Waals surface area contributed by atoms with Crippen molar-refractivity contribution in [3.8, 4) is 11.6 Å². The van der Waals surface area contributed by atoms with Gasteiger partial charge < -0.3 is 9.64 Å². The molecular formula is C20H15F6N5O2. The van der Waals surface area contributed by atoms with Gasteiger partial charge in [0.05, 0.1) is 23.5 Å². The first-order valence-electron chi connectivity index (χ1n) is 9.58. The van der Waals surface area contributed by atoms with Crippen LogP contribution in [0.25, 0.3) is 5.69 Å². The van der Waals surface area contributed by atoms with Crippen molar-refractivity contribution in [2.75, 3.05) is 13.2 Å². The second-order valence-corrected chi connectivity index (χ2v) is 7.17. The average molecular weight is 471 g/mol. The SMILES string of the molecule is O=C(c1cccc(F)c1-n1nccn1)N1CCC(F)(F)C1COc1ccc(C(F)(F)F)cn1. The van der Waals surface area contributed by atoms with Crippen LogP contribution >= 0.6 is 0 Å². The third-order valence-corrected chi connectivity index (χ3v) is 5.10. The number of alkyl halides is 5. The minimum atomic E-state index is -4.61. The fourth-order valence-electron chi connectivity index (χ4n) is 3.45. The van der Waals surface area contributed by atoms with E-state index in [-0.39, 0.29) is 23.7 Å². The lowest BCUT2D eigenvalue weighted by molar-refractivity contribution is -0.137. The molecule has 0 saturated carbocycles. The Labute approximate surface area is 182 Å². The lowest BCUT2D eigenvalue weighted by atomic mass is 10.1. The summed E-state index contributed by atoms with van der Waals surface area (Å²) in [5.74, 6) is -5.39. The maximum absolute atomic E-state index is 14.6. The summed E-state index contributed by atoms with van der Waals surface area (Å²) >= 11 is 0. The smallest absolute Gasteiger partial charge is 0.417 e. The highest BCUT2D eigenvalue weighted by Gasteiger charge is 2.51. The molecular weight excluding hydrogens is 456 g/mol. The van der Waals surface area contributed by atoms with Gasteiger partial charge in [0.15, 0.2) is 5.82 Å². The number of pyridine rings is 1. The normalized spacial score (nSPS) is 17.9. The molecule has 0 radical (unpaired) electrons. The minimum absolute atomic E-state index is 0.235. The van der Waals surface area contributed by atoms with Crippen molar-refractivity contribution < 1.29 is 35.9 Å². The molecule has 0 N–H and O–H groups in total. The predicted octanol–water partition coefficient (Wildman–Crippen LogP) is 3.75. The number of nitrogens with zero attached hydrogens (tertiary/aromatic N) is 5. The standard InChI is InChI=1S/C20H15F6N5O2/c21-14-3-1-2-13(17(14)31-28-7-8-29-31)18(32)30-9-6-19(22,23)15(30)11-33-16-5-4-12(10-27-16)20(24,25)26/h1-5,7-8,10,15H,6,9,11H2. The Morgan fingerprint density at radius 2 is 1.88 bits per heavy atom. The summed E-state index contributed by atoms with van der Waals surface area (Å²) in [5, 5.41) is 7.60. The molecule has 1 aromatic carbocycles. The van der Waals surface area contributed by atoms with Gasteiger partial charge in [-0.1, -0.05) is 6.07 Å². The van der Waals surface area contributed by atoms with E-state index in [9.17, 15) is 31.1 Å². The fraction of sp³-hybridized carbons (Fsp3) is 0.300. The van der Waals surface area contributed by atoms with E-state index in [0.717, 1.165) is 21.8 Å². The van der Waals surface area contributed by atoms with E-state index in [0.29, 0.717) is 12.3 Å². The first kappa shape index (κ1) is 22.6. The summed E-state index contributed by atoms with van der Waals surface area (Å²) in [4.78, 5) is 18.3. The first-order valence-corrected chi connectivity index (χ1v) is 9.58. The first-order chi connectivity index (χ1) is 15.6. The summed E-state index contributed by atoms with van der Waals surface area (Å²) in [5.41, 5.74) is -1.56. The molecule has 1 unspecified atom stereocenters. The molecule has 3 heterocycles. The molecule has 3 aromatic rings. The lowest BCUT2D eigenvalue weighted by Crippen LogP contribution is -2.46. The highest BCUT2D eigenvalue weighted by atomic mass is 19.4. The third kappa shape index (κ3) is 4.47. The molecule has 33 heavy (non-hydrogen) atoms. The van der Waals surface area contributed by atoms with Crippen molar-refractivity contribution in [2.24, 2.45) is 0 Å². The van der Waals surface area contributed by atoms with Crippen LogP contribution in [0.2, 0.25) is 0 Å². The summed E-state index contributed by atoms with van der Waals surface area (Å²) in [6.07, 6.45) is -2.24. The van der Waals surface area contributed by atoms with Crippen molar-refractivity contribution in [3.63, 3.8) is 0 Å². The molecule has 0 spiro atoms. The number of hydrogen-bond acceptors (Lipinski definition) is 5. The number of aromatic nitrogens is 4. The number of carbonyl (C=O) groups excluding carboxylic acids is 1. The molecule has 1 saturated heterocycles. The zero-order valence-electron chi connectivity index (χ0n) is 16.6. The molecule has 13 heteroatoms. The Morgan fingerprint density at radius 3 is 2.52 bits per heavy atom. The summed E-state index contributed by atoms with van der Waals surface area (Å²) < 4.78 is 86.7. The molecule has 0 bridgehead atoms. The van der Waals surface area contributed by atoms with Gasteiger partial charge in [-0.2, -0.15) is 23.4 Å². The summed E-state index contributed by atoms with van der Waals surface area (Å²) in [6, 6.07) is 3.43. The van der Waals surface area contributed by atoms with Crippen LogP contribution in [0.1, 0.15) is 22.3 Å². The van der Waals surface area contributed by atoms with Crippen LogP contribution in [-0.2, 0) is 6.18 Å². The largest absolute Gasteiger partial charge is 0.475 e. The monoisotopic (exact) mass is 471 g/mol. The Hall–Kier alpha value is -3.64. The number of para-hydroxylation sites is 1. The van der Waals surface area contributed by atoms with E-state index >= 15 is 0 Å². The maximum Gasteiger partial charge on any atom is 0.417 e. The van der Waals surface area contributed by atoms with Crippen LogP contribution < -0.4 is 4.74 Å². The Balaban J connectivity index is 1.57. The van der Waals surface area contributed by atoms with Gasteiger partial charge >= 0.3 is 6.18 Å². The highest BCUT2D eigenvalue weighted by Crippen LogP contribution is 2.36. The molecule has 1 fully saturated rings. The number of hydrogen-bond donors (Lipinski definition) is 0. The van der Waals surface area contributed by atoms with Crippen molar-refractivity contribution in [2.45, 2.75) is 24.6 Å². The van der Waals surface area contributed by atoms with Crippen molar-refractivity contribution in [1.29, 1.82) is 0 Å². The second kappa shape index (κ2) is 8.37. The van der Waals surface area contributed by atoms with Crippen LogP contribution in [0.4, 0.5) is 26.3 Å². The molecule has 1 atom stereocenters. The van der Waals surface area contributed by atoms with Crippen molar-refractivity contribution >= 4 is 5.91 Å². The molecule has 7 nitrogen and oxygen atoms in total. The van der Waals surface area contributed by atoms with Crippen LogP contribution in [0.3, 0.4) is 0 Å². The number of benzene rings is 1. The van der Waals surface area contributed by atoms with E-state index < -0.39 is 48.5 Å². The molecule has 1 amide bonds. The van der Waals surface area contributed by atoms with Crippen molar-refractivity contribution in [3.05, 3.63) is 65.9 Å². The van der Waals surface area contributed by atoms with Gasteiger partial charge in [-0.05, 0) is 18.2 Å². The molecule has 4 rings (SSSR count). The highest BCUT2D eigenvalue weighted by molar-refractivity contribution is 5.98. The van der Waals surface area contributed by atoms with E-state index in [1.54, 1.807) is 0 Å². The second-order valence-electron chi connectivity index (χ2n) is 7.17. The third-order valence-electron chi connectivity index (χ3n) is 5.10. The lowest BCUT2D eigenvalue weighted by Gasteiger charge is -2.28. The average Bonchev–Trinajstić information content (AvgIpc) is 3.39. The number of rotatable bonds is 5. The van der Waals surface area contributed by atoms with Gasteiger partial charge in [0, 0.05) is 25.2 Å². The van der Waals surface area contributed by atoms with Crippen LogP contribution in [0.15, 0.2) is 48.9 Å². The topological polar surface area (TPSA) is 73.1 Å². The molecule has 174 valence electrons.